The summed E-state index contributed by atoms with van der Waals surface area (Å²) >= 11 is 0. The maximum atomic E-state index is 12.0. The van der Waals surface area contributed by atoms with Crippen molar-refractivity contribution in [3.63, 3.8) is 0 Å². The van der Waals surface area contributed by atoms with E-state index in [4.69, 9.17) is 9.84 Å². The van der Waals surface area contributed by atoms with Crippen molar-refractivity contribution in [2.45, 2.75) is 12.5 Å². The quantitative estimate of drug-likeness (QED) is 0.722. The number of nitrogens with zero attached hydrogens (tertiary/aromatic N) is 4. The van der Waals surface area contributed by atoms with E-state index in [2.05, 4.69) is 15.4 Å². The molecule has 2 amide bonds. The van der Waals surface area contributed by atoms with Gasteiger partial charge in [0.15, 0.2) is 11.9 Å². The van der Waals surface area contributed by atoms with E-state index < -0.39 is 18.0 Å². The van der Waals surface area contributed by atoms with E-state index in [1.807, 2.05) is 0 Å². The van der Waals surface area contributed by atoms with Gasteiger partial charge in [-0.1, -0.05) is 0 Å². The van der Waals surface area contributed by atoms with E-state index in [9.17, 15) is 9.59 Å². The van der Waals surface area contributed by atoms with Gasteiger partial charge in [-0.3, -0.25) is 4.68 Å². The van der Waals surface area contributed by atoms with Crippen LogP contribution in [0.3, 0.4) is 0 Å². The molecule has 1 aromatic rings. The number of hydrogen-bond acceptors (Lipinski definition) is 5. The Hall–Kier alpha value is -2.16. The van der Waals surface area contributed by atoms with E-state index in [1.165, 1.54) is 4.90 Å². The predicted octanol–water partition coefficient (Wildman–Crippen LogP) is -1.15. The minimum absolute atomic E-state index is 0.0184. The second-order valence-electron chi connectivity index (χ2n) is 4.44. The largest absolute Gasteiger partial charge is 0.480 e. The van der Waals surface area contributed by atoms with Gasteiger partial charge in [0.1, 0.15) is 6.33 Å². The zero-order chi connectivity index (χ0) is 14.5. The lowest BCUT2D eigenvalue weighted by Gasteiger charge is -2.32. The highest BCUT2D eigenvalue weighted by Gasteiger charge is 2.32. The maximum absolute atomic E-state index is 12.0. The molecule has 20 heavy (non-hydrogen) atoms. The van der Waals surface area contributed by atoms with Crippen molar-refractivity contribution < 1.29 is 19.4 Å². The van der Waals surface area contributed by atoms with Crippen molar-refractivity contribution in [2.24, 2.45) is 7.05 Å². The van der Waals surface area contributed by atoms with Crippen LogP contribution < -0.4 is 5.32 Å². The van der Waals surface area contributed by atoms with Gasteiger partial charge in [0.25, 0.3) is 0 Å². The van der Waals surface area contributed by atoms with Crippen LogP contribution >= 0.6 is 0 Å². The van der Waals surface area contributed by atoms with Gasteiger partial charge in [-0.15, -0.1) is 0 Å². The van der Waals surface area contributed by atoms with Gasteiger partial charge in [-0.05, 0) is 0 Å². The number of ether oxygens (including phenoxy) is 1. The summed E-state index contributed by atoms with van der Waals surface area (Å²) in [7, 11) is 1.76. The number of aromatic nitrogens is 3. The summed E-state index contributed by atoms with van der Waals surface area (Å²) in [6.45, 7) is 0.987. The molecule has 9 nitrogen and oxygen atoms in total. The van der Waals surface area contributed by atoms with Gasteiger partial charge < -0.3 is 20.1 Å². The second-order valence-corrected chi connectivity index (χ2v) is 4.44. The number of hydrogen-bond donors (Lipinski definition) is 2. The fourth-order valence-electron chi connectivity index (χ4n) is 1.93. The molecule has 1 aliphatic heterocycles. The Morgan fingerprint density at radius 2 is 2.40 bits per heavy atom. The molecule has 2 rings (SSSR count). The molecule has 0 bridgehead atoms. The number of carboxylic acid groups (broad SMARTS) is 1. The molecule has 1 atom stereocenters. The zero-order valence-corrected chi connectivity index (χ0v) is 11.2. The molecule has 1 aliphatic rings. The Labute approximate surface area is 115 Å². The molecule has 0 aromatic carbocycles. The molecular weight excluding hydrogens is 266 g/mol. The molecular formula is C11H17N5O4. The van der Waals surface area contributed by atoms with Crippen LogP contribution in [0.1, 0.15) is 5.82 Å². The first kappa shape index (κ1) is 14.3. The van der Waals surface area contributed by atoms with Crippen LogP contribution in [-0.4, -0.2) is 69.1 Å². The Balaban J connectivity index is 1.82. The monoisotopic (exact) mass is 283 g/mol. The third-order valence-corrected chi connectivity index (χ3v) is 2.95. The average Bonchev–Trinajstić information content (AvgIpc) is 2.84. The molecule has 1 fully saturated rings. The molecule has 1 aromatic heterocycles. The highest BCUT2D eigenvalue weighted by atomic mass is 16.5. The fraction of sp³-hybridized carbons (Fsp3) is 0.636. The number of carboxylic acids is 1. The Kier molecular flexibility index (Phi) is 4.51. The van der Waals surface area contributed by atoms with Crippen molar-refractivity contribution in [3.8, 4) is 0 Å². The topological polar surface area (TPSA) is 110 Å². The van der Waals surface area contributed by atoms with Crippen molar-refractivity contribution in [2.75, 3.05) is 26.3 Å². The summed E-state index contributed by atoms with van der Waals surface area (Å²) in [5, 5.41) is 15.8. The third-order valence-electron chi connectivity index (χ3n) is 2.95. The van der Waals surface area contributed by atoms with E-state index in [0.717, 1.165) is 0 Å². The van der Waals surface area contributed by atoms with Crippen LogP contribution in [-0.2, 0) is 23.0 Å². The fourth-order valence-corrected chi connectivity index (χ4v) is 1.93. The summed E-state index contributed by atoms with van der Waals surface area (Å²) in [6.07, 6.45) is 2.08. The lowest BCUT2D eigenvalue weighted by Crippen LogP contribution is -2.55. The van der Waals surface area contributed by atoms with Gasteiger partial charge in [0.2, 0.25) is 0 Å². The number of urea groups is 1. The Bertz CT molecular complexity index is 489. The first-order valence-electron chi connectivity index (χ1n) is 6.27. The lowest BCUT2D eigenvalue weighted by molar-refractivity contribution is -0.147. The van der Waals surface area contributed by atoms with E-state index in [0.29, 0.717) is 25.4 Å². The average molecular weight is 283 g/mol. The molecule has 110 valence electrons. The smallest absolute Gasteiger partial charge is 0.328 e. The van der Waals surface area contributed by atoms with Crippen molar-refractivity contribution in [1.29, 1.82) is 0 Å². The summed E-state index contributed by atoms with van der Waals surface area (Å²) in [4.78, 5) is 28.3. The highest BCUT2D eigenvalue weighted by Crippen LogP contribution is 2.07. The first-order chi connectivity index (χ1) is 9.58. The zero-order valence-electron chi connectivity index (χ0n) is 11.2. The van der Waals surface area contributed by atoms with Gasteiger partial charge in [0, 0.05) is 26.6 Å². The summed E-state index contributed by atoms with van der Waals surface area (Å²) in [6, 6.07) is -1.34. The van der Waals surface area contributed by atoms with E-state index >= 15 is 0 Å². The van der Waals surface area contributed by atoms with Gasteiger partial charge in [-0.2, -0.15) is 5.10 Å². The normalized spacial score (nSPS) is 18.9. The number of aryl methyl sites for hydroxylation is 1. The highest BCUT2D eigenvalue weighted by molar-refractivity contribution is 5.82. The van der Waals surface area contributed by atoms with Gasteiger partial charge in [-0.25, -0.2) is 14.6 Å². The van der Waals surface area contributed by atoms with Crippen LogP contribution in [0.25, 0.3) is 0 Å². The molecule has 2 N–H and O–H groups in total. The summed E-state index contributed by atoms with van der Waals surface area (Å²) < 4.78 is 6.66. The van der Waals surface area contributed by atoms with Crippen LogP contribution in [0, 0.1) is 0 Å². The molecule has 1 saturated heterocycles. The number of carbonyl (C=O) groups is 2. The predicted molar refractivity (Wildman–Crippen MR) is 67.1 cm³/mol. The number of carbonyl (C=O) groups excluding carboxylic acids is 1. The molecule has 0 radical (unpaired) electrons. The summed E-state index contributed by atoms with van der Waals surface area (Å²) in [5.74, 6) is -0.434. The minimum atomic E-state index is -1.06. The Morgan fingerprint density at radius 3 is 3.05 bits per heavy atom. The van der Waals surface area contributed by atoms with E-state index in [-0.39, 0.29) is 13.2 Å². The Morgan fingerprint density at radius 1 is 1.60 bits per heavy atom. The minimum Gasteiger partial charge on any atom is -0.480 e. The van der Waals surface area contributed by atoms with Crippen molar-refractivity contribution in [3.05, 3.63) is 12.2 Å². The number of rotatable bonds is 4. The third kappa shape index (κ3) is 3.44. The van der Waals surface area contributed by atoms with Crippen LogP contribution in [0.5, 0.6) is 0 Å². The molecule has 9 heteroatoms. The van der Waals surface area contributed by atoms with Crippen LogP contribution in [0.15, 0.2) is 6.33 Å². The molecule has 1 unspecified atom stereocenters. The standard InChI is InChI=1S/C11H17N5O4/c1-15-7-13-9(14-15)2-3-12-11(19)16-4-5-20-6-8(16)10(17)18/h7-8H,2-6H2,1H3,(H,12,19)(H,17,18). The molecule has 0 aliphatic carbocycles. The first-order valence-corrected chi connectivity index (χ1v) is 6.27. The SMILES string of the molecule is Cn1cnc(CCNC(=O)N2CCOCC2C(=O)O)n1. The van der Waals surface area contributed by atoms with Crippen LogP contribution in [0.4, 0.5) is 4.79 Å². The van der Waals surface area contributed by atoms with E-state index in [1.54, 1.807) is 18.1 Å². The summed E-state index contributed by atoms with van der Waals surface area (Å²) in [5.41, 5.74) is 0. The van der Waals surface area contributed by atoms with Crippen molar-refractivity contribution in [1.82, 2.24) is 25.0 Å². The number of nitrogens with one attached hydrogen (secondary N) is 1. The van der Waals surface area contributed by atoms with Gasteiger partial charge >= 0.3 is 12.0 Å². The van der Waals surface area contributed by atoms with Crippen molar-refractivity contribution >= 4 is 12.0 Å². The maximum Gasteiger partial charge on any atom is 0.328 e. The molecule has 0 saturated carbocycles. The number of morpholine rings is 1. The van der Waals surface area contributed by atoms with Crippen LogP contribution in [0.2, 0.25) is 0 Å². The molecule has 0 spiro atoms. The number of aliphatic carboxylic acids is 1. The second kappa shape index (κ2) is 6.33. The molecule has 2 heterocycles. The number of amides is 2. The van der Waals surface area contributed by atoms with Gasteiger partial charge in [0.05, 0.1) is 13.2 Å². The lowest BCUT2D eigenvalue weighted by atomic mass is 10.2.